The standard InChI is InChI=1S/C27H47NO/c1-17(2)7-6-8-18(3)21-9-10-22-25-23(12-14-27(21,22)5)26(4)13-11-20(29)15-19(26)16-24(25)28/h16-18,20-25,29H,6-15,28H2,1-5H3/t18-,20-,21+,22-,23-,24-,25-,26-,27+/m0/s1. The maximum atomic E-state index is 10.3. The van der Waals surface area contributed by atoms with Crippen LogP contribution in [0.2, 0.25) is 0 Å². The summed E-state index contributed by atoms with van der Waals surface area (Å²) in [6.45, 7) is 12.4. The van der Waals surface area contributed by atoms with Gasteiger partial charge in [-0.2, -0.15) is 0 Å². The smallest absolute Gasteiger partial charge is 0.0577 e. The van der Waals surface area contributed by atoms with Crippen molar-refractivity contribution in [1.29, 1.82) is 0 Å². The van der Waals surface area contributed by atoms with E-state index < -0.39 is 0 Å². The predicted molar refractivity (Wildman–Crippen MR) is 122 cm³/mol. The maximum absolute atomic E-state index is 10.3. The molecular formula is C27H47NO. The third-order valence-corrected chi connectivity index (χ3v) is 10.4. The summed E-state index contributed by atoms with van der Waals surface area (Å²) in [7, 11) is 0. The molecule has 3 fully saturated rings. The summed E-state index contributed by atoms with van der Waals surface area (Å²) >= 11 is 0. The first-order valence-electron chi connectivity index (χ1n) is 12.8. The number of aliphatic hydroxyl groups is 1. The van der Waals surface area contributed by atoms with E-state index >= 15 is 0 Å². The molecule has 29 heavy (non-hydrogen) atoms. The van der Waals surface area contributed by atoms with Crippen LogP contribution in [0.15, 0.2) is 11.6 Å². The van der Waals surface area contributed by atoms with Gasteiger partial charge in [0, 0.05) is 6.04 Å². The van der Waals surface area contributed by atoms with Crippen LogP contribution in [0.5, 0.6) is 0 Å². The number of hydrogen-bond donors (Lipinski definition) is 2. The molecule has 0 unspecified atom stereocenters. The lowest BCUT2D eigenvalue weighted by Crippen LogP contribution is -2.56. The summed E-state index contributed by atoms with van der Waals surface area (Å²) in [5, 5.41) is 10.3. The second-order valence-electron chi connectivity index (χ2n) is 12.4. The molecule has 9 atom stereocenters. The molecule has 0 aromatic rings. The van der Waals surface area contributed by atoms with Gasteiger partial charge < -0.3 is 10.8 Å². The van der Waals surface area contributed by atoms with Crippen molar-refractivity contribution in [3.05, 3.63) is 11.6 Å². The molecule has 166 valence electrons. The second-order valence-corrected chi connectivity index (χ2v) is 12.4. The Bertz CT molecular complexity index is 626. The van der Waals surface area contributed by atoms with E-state index in [9.17, 15) is 5.11 Å². The maximum Gasteiger partial charge on any atom is 0.0577 e. The average Bonchev–Trinajstić information content (AvgIpc) is 3.00. The quantitative estimate of drug-likeness (QED) is 0.529. The second kappa shape index (κ2) is 7.97. The first-order valence-corrected chi connectivity index (χ1v) is 12.8. The van der Waals surface area contributed by atoms with Crippen molar-refractivity contribution in [2.45, 2.75) is 111 Å². The molecule has 3 N–H and O–H groups in total. The fourth-order valence-electron chi connectivity index (χ4n) is 8.74. The Morgan fingerprint density at radius 3 is 2.52 bits per heavy atom. The topological polar surface area (TPSA) is 46.2 Å². The predicted octanol–water partition coefficient (Wildman–Crippen LogP) is 6.33. The Morgan fingerprint density at radius 1 is 1.03 bits per heavy atom. The number of rotatable bonds is 5. The fraction of sp³-hybridized carbons (Fsp3) is 0.926. The van der Waals surface area contributed by atoms with Crippen molar-refractivity contribution in [3.8, 4) is 0 Å². The number of fused-ring (bicyclic) bond motifs is 5. The molecule has 4 aliphatic carbocycles. The molecule has 0 spiro atoms. The largest absolute Gasteiger partial charge is 0.393 e. The first-order chi connectivity index (χ1) is 13.7. The molecule has 0 heterocycles. The molecule has 0 bridgehead atoms. The third kappa shape index (κ3) is 3.65. The zero-order valence-corrected chi connectivity index (χ0v) is 19.8. The highest BCUT2D eigenvalue weighted by atomic mass is 16.3. The Hall–Kier alpha value is -0.340. The summed E-state index contributed by atoms with van der Waals surface area (Å²) < 4.78 is 0. The van der Waals surface area contributed by atoms with Gasteiger partial charge in [0.05, 0.1) is 6.10 Å². The van der Waals surface area contributed by atoms with E-state index in [1.807, 2.05) is 0 Å². The van der Waals surface area contributed by atoms with Gasteiger partial charge in [-0.25, -0.2) is 0 Å². The number of nitrogens with two attached hydrogens (primary N) is 1. The van der Waals surface area contributed by atoms with E-state index in [0.717, 1.165) is 48.9 Å². The minimum Gasteiger partial charge on any atom is -0.393 e. The molecule has 2 heteroatoms. The summed E-state index contributed by atoms with van der Waals surface area (Å²) in [6, 6.07) is 0.202. The van der Waals surface area contributed by atoms with Crippen molar-refractivity contribution in [3.63, 3.8) is 0 Å². The minimum atomic E-state index is -0.144. The highest BCUT2D eigenvalue weighted by molar-refractivity contribution is 5.28. The van der Waals surface area contributed by atoms with Crippen molar-refractivity contribution >= 4 is 0 Å². The lowest BCUT2D eigenvalue weighted by molar-refractivity contribution is -0.0632. The SMILES string of the molecule is CC(C)CCC[C@H](C)[C@H]1CC[C@H]2[C@@H]3[C@@H](N)C=C4C[C@@H](O)CC[C@]4(C)[C@H]3CC[C@]12C. The van der Waals surface area contributed by atoms with Gasteiger partial charge in [-0.15, -0.1) is 0 Å². The number of aliphatic hydroxyl groups excluding tert-OH is 1. The van der Waals surface area contributed by atoms with Crippen LogP contribution in [0.1, 0.15) is 98.8 Å². The Kier molecular flexibility index (Phi) is 6.01. The van der Waals surface area contributed by atoms with Gasteiger partial charge in [0.2, 0.25) is 0 Å². The lowest BCUT2D eigenvalue weighted by atomic mass is 9.46. The average molecular weight is 402 g/mol. The molecule has 0 radical (unpaired) electrons. The van der Waals surface area contributed by atoms with Gasteiger partial charge in [0.1, 0.15) is 0 Å². The van der Waals surface area contributed by atoms with E-state index in [2.05, 4.69) is 40.7 Å². The van der Waals surface area contributed by atoms with Gasteiger partial charge >= 0.3 is 0 Å². The summed E-state index contributed by atoms with van der Waals surface area (Å²) in [6.07, 6.45) is 15.0. The molecule has 2 nitrogen and oxygen atoms in total. The molecule has 4 aliphatic rings. The van der Waals surface area contributed by atoms with Crippen LogP contribution >= 0.6 is 0 Å². The summed E-state index contributed by atoms with van der Waals surface area (Å²) in [4.78, 5) is 0. The van der Waals surface area contributed by atoms with Gasteiger partial charge in [0.15, 0.2) is 0 Å². The highest BCUT2D eigenvalue weighted by Crippen LogP contribution is 2.67. The monoisotopic (exact) mass is 401 g/mol. The molecule has 0 aromatic carbocycles. The zero-order chi connectivity index (χ0) is 21.0. The normalized spacial score (nSPS) is 47.9. The molecule has 0 amide bonds. The zero-order valence-electron chi connectivity index (χ0n) is 19.8. The van der Waals surface area contributed by atoms with E-state index in [1.165, 1.54) is 50.5 Å². The van der Waals surface area contributed by atoms with Crippen molar-refractivity contribution in [1.82, 2.24) is 0 Å². The Morgan fingerprint density at radius 2 is 1.79 bits per heavy atom. The molecule has 3 saturated carbocycles. The summed E-state index contributed by atoms with van der Waals surface area (Å²) in [5.74, 6) is 4.77. The minimum absolute atomic E-state index is 0.144. The first kappa shape index (κ1) is 21.9. The molecule has 0 aliphatic heterocycles. The van der Waals surface area contributed by atoms with E-state index in [-0.39, 0.29) is 12.1 Å². The van der Waals surface area contributed by atoms with Crippen LogP contribution in [-0.2, 0) is 0 Å². The number of hydrogen-bond acceptors (Lipinski definition) is 2. The van der Waals surface area contributed by atoms with Crippen LogP contribution in [0.25, 0.3) is 0 Å². The van der Waals surface area contributed by atoms with Crippen LogP contribution in [0, 0.1) is 46.3 Å². The van der Waals surface area contributed by atoms with E-state index in [1.54, 1.807) is 0 Å². The lowest BCUT2D eigenvalue weighted by Gasteiger charge is -2.60. The van der Waals surface area contributed by atoms with Gasteiger partial charge in [-0.05, 0) is 91.3 Å². The molecule has 4 rings (SSSR count). The van der Waals surface area contributed by atoms with Crippen LogP contribution < -0.4 is 5.73 Å². The van der Waals surface area contributed by atoms with Crippen LogP contribution in [0.4, 0.5) is 0 Å². The van der Waals surface area contributed by atoms with Crippen LogP contribution in [-0.4, -0.2) is 17.3 Å². The van der Waals surface area contributed by atoms with Gasteiger partial charge in [-0.1, -0.05) is 65.5 Å². The van der Waals surface area contributed by atoms with E-state index in [0.29, 0.717) is 16.7 Å². The van der Waals surface area contributed by atoms with Crippen molar-refractivity contribution in [2.75, 3.05) is 0 Å². The van der Waals surface area contributed by atoms with Crippen molar-refractivity contribution in [2.24, 2.45) is 52.1 Å². The highest BCUT2D eigenvalue weighted by Gasteiger charge is 2.60. The molecule has 0 saturated heterocycles. The molecule has 0 aromatic heterocycles. The van der Waals surface area contributed by atoms with Crippen molar-refractivity contribution < 1.29 is 5.11 Å². The van der Waals surface area contributed by atoms with E-state index in [4.69, 9.17) is 5.73 Å². The Balaban J connectivity index is 1.54. The van der Waals surface area contributed by atoms with Gasteiger partial charge in [0.25, 0.3) is 0 Å². The van der Waals surface area contributed by atoms with Gasteiger partial charge in [-0.3, -0.25) is 0 Å². The third-order valence-electron chi connectivity index (χ3n) is 10.4. The molecular weight excluding hydrogens is 354 g/mol. The summed E-state index contributed by atoms with van der Waals surface area (Å²) in [5.41, 5.74) is 9.17. The van der Waals surface area contributed by atoms with Crippen LogP contribution in [0.3, 0.4) is 0 Å². The fourth-order valence-corrected chi connectivity index (χ4v) is 8.74. The Labute approximate surface area is 180 Å².